The van der Waals surface area contributed by atoms with Gasteiger partial charge in [0, 0.05) is 36.8 Å². The Morgan fingerprint density at radius 3 is 2.79 bits per heavy atom. The zero-order valence-electron chi connectivity index (χ0n) is 17.9. The number of hydrogen-bond acceptors (Lipinski definition) is 4. The van der Waals surface area contributed by atoms with Crippen molar-refractivity contribution in [1.29, 1.82) is 0 Å². The molecule has 164 valence electrons. The molecule has 0 bridgehead atoms. The number of carbonyl (C=O) groups excluding carboxylic acids is 1. The number of nitrogens with one attached hydrogen (secondary N) is 3. The predicted molar refractivity (Wildman–Crippen MR) is 112 cm³/mol. The van der Waals surface area contributed by atoms with Crippen LogP contribution in [-0.4, -0.2) is 60.4 Å². The fourth-order valence-electron chi connectivity index (χ4n) is 7.25. The molecule has 3 saturated heterocycles. The Morgan fingerprint density at radius 2 is 1.93 bits per heavy atom. The zero-order chi connectivity index (χ0) is 20.0. The van der Waals surface area contributed by atoms with Crippen molar-refractivity contribution in [3.8, 4) is 0 Å². The van der Waals surface area contributed by atoms with Crippen LogP contribution >= 0.6 is 0 Å². The minimum absolute atomic E-state index is 0.0218. The summed E-state index contributed by atoms with van der Waals surface area (Å²) in [5, 5.41) is 10.7. The van der Waals surface area contributed by atoms with Gasteiger partial charge in [-0.25, -0.2) is 4.39 Å². The first-order valence-electron chi connectivity index (χ1n) is 12.3. The van der Waals surface area contributed by atoms with Crippen molar-refractivity contribution in [2.45, 2.75) is 108 Å². The molecule has 5 rings (SSSR count). The van der Waals surface area contributed by atoms with Crippen LogP contribution in [-0.2, 0) is 4.79 Å². The van der Waals surface area contributed by atoms with Crippen LogP contribution in [0, 0.1) is 17.8 Å². The lowest BCUT2D eigenvalue weighted by Gasteiger charge is -2.38. The van der Waals surface area contributed by atoms with E-state index in [1.54, 1.807) is 0 Å². The summed E-state index contributed by atoms with van der Waals surface area (Å²) in [5.41, 5.74) is 0. The second kappa shape index (κ2) is 8.43. The lowest BCUT2D eigenvalue weighted by Crippen LogP contribution is -2.51. The van der Waals surface area contributed by atoms with Gasteiger partial charge in [0.05, 0.1) is 6.04 Å². The average molecular weight is 407 g/mol. The van der Waals surface area contributed by atoms with Crippen LogP contribution in [0.5, 0.6) is 0 Å². The largest absolute Gasteiger partial charge is 0.352 e. The van der Waals surface area contributed by atoms with Gasteiger partial charge in [-0.05, 0) is 69.7 Å². The molecule has 5 fully saturated rings. The van der Waals surface area contributed by atoms with Crippen LogP contribution < -0.4 is 16.0 Å². The van der Waals surface area contributed by atoms with Gasteiger partial charge in [0.15, 0.2) is 0 Å². The third-order valence-electron chi connectivity index (χ3n) is 8.83. The molecular weight excluding hydrogens is 367 g/mol. The molecule has 3 N–H and O–H groups in total. The Bertz CT molecular complexity index is 585. The average Bonchev–Trinajstić information content (AvgIpc) is 3.37. The summed E-state index contributed by atoms with van der Waals surface area (Å²) < 4.78 is 14.4. The fraction of sp³-hybridized carbons (Fsp3) is 0.957. The van der Waals surface area contributed by atoms with E-state index >= 15 is 0 Å². The van der Waals surface area contributed by atoms with E-state index in [0.717, 1.165) is 25.9 Å². The molecule has 3 aliphatic heterocycles. The molecule has 0 aromatic carbocycles. The standard InChI is InChI=1S/C23H39FN4O/c1-14-8-9-18(24)17-12-19(27-21(14)17)23(29)26-16-6-4-5-15(11-16)22-20-7-2-3-10-28(20)13-25-22/h14-22,25,27H,2-13H2,1H3,(H,26,29). The van der Waals surface area contributed by atoms with Crippen molar-refractivity contribution < 1.29 is 9.18 Å². The van der Waals surface area contributed by atoms with Crippen molar-refractivity contribution in [2.24, 2.45) is 17.8 Å². The quantitative estimate of drug-likeness (QED) is 0.674. The summed E-state index contributed by atoms with van der Waals surface area (Å²) in [5.74, 6) is 1.27. The monoisotopic (exact) mass is 406 g/mol. The number of nitrogens with zero attached hydrogens (tertiary/aromatic N) is 1. The van der Waals surface area contributed by atoms with Gasteiger partial charge < -0.3 is 10.6 Å². The molecule has 9 unspecified atom stereocenters. The zero-order valence-corrected chi connectivity index (χ0v) is 17.9. The van der Waals surface area contributed by atoms with Crippen molar-refractivity contribution in [3.05, 3.63) is 0 Å². The topological polar surface area (TPSA) is 56.4 Å². The van der Waals surface area contributed by atoms with Crippen LogP contribution in [0.1, 0.15) is 71.1 Å². The summed E-state index contributed by atoms with van der Waals surface area (Å²) in [4.78, 5) is 15.6. The van der Waals surface area contributed by atoms with Crippen molar-refractivity contribution >= 4 is 5.91 Å². The SMILES string of the molecule is CC1CCC(F)C2CC(C(=O)NC3CCCC(C4NCN5CCCCC45)C3)NC12. The van der Waals surface area contributed by atoms with Gasteiger partial charge in [0.2, 0.25) is 5.91 Å². The van der Waals surface area contributed by atoms with E-state index in [1.807, 2.05) is 0 Å². The molecule has 6 heteroatoms. The van der Waals surface area contributed by atoms with Crippen LogP contribution in [0.3, 0.4) is 0 Å². The van der Waals surface area contributed by atoms with Crippen molar-refractivity contribution in [3.63, 3.8) is 0 Å². The maximum Gasteiger partial charge on any atom is 0.237 e. The molecule has 9 atom stereocenters. The van der Waals surface area contributed by atoms with E-state index in [1.165, 1.54) is 38.6 Å². The maximum absolute atomic E-state index is 14.4. The summed E-state index contributed by atoms with van der Waals surface area (Å²) >= 11 is 0. The van der Waals surface area contributed by atoms with Crippen LogP contribution in [0.4, 0.5) is 4.39 Å². The van der Waals surface area contributed by atoms with Gasteiger partial charge >= 0.3 is 0 Å². The second-order valence-electron chi connectivity index (χ2n) is 10.6. The molecule has 0 aromatic heterocycles. The van der Waals surface area contributed by atoms with Gasteiger partial charge in [-0.3, -0.25) is 15.0 Å². The maximum atomic E-state index is 14.4. The first-order valence-corrected chi connectivity index (χ1v) is 12.3. The van der Waals surface area contributed by atoms with Crippen LogP contribution in [0.15, 0.2) is 0 Å². The number of carbonyl (C=O) groups is 1. The Kier molecular flexibility index (Phi) is 5.87. The van der Waals surface area contributed by atoms with E-state index in [4.69, 9.17) is 0 Å². The van der Waals surface area contributed by atoms with E-state index in [-0.39, 0.29) is 30.0 Å². The first-order chi connectivity index (χ1) is 14.1. The molecule has 2 saturated carbocycles. The Hall–Kier alpha value is -0.720. The van der Waals surface area contributed by atoms with Crippen molar-refractivity contribution in [2.75, 3.05) is 13.2 Å². The summed E-state index contributed by atoms with van der Waals surface area (Å²) in [6.45, 7) is 4.48. The summed E-state index contributed by atoms with van der Waals surface area (Å²) in [6.07, 6.45) is 10.2. The lowest BCUT2D eigenvalue weighted by atomic mass is 9.77. The van der Waals surface area contributed by atoms with Gasteiger partial charge in [-0.1, -0.05) is 19.8 Å². The highest BCUT2D eigenvalue weighted by atomic mass is 19.1. The smallest absolute Gasteiger partial charge is 0.237 e. The molecule has 29 heavy (non-hydrogen) atoms. The van der Waals surface area contributed by atoms with Gasteiger partial charge in [0.1, 0.15) is 6.17 Å². The number of fused-ring (bicyclic) bond motifs is 2. The number of alkyl halides is 1. The second-order valence-corrected chi connectivity index (χ2v) is 10.6. The minimum Gasteiger partial charge on any atom is -0.352 e. The van der Waals surface area contributed by atoms with Crippen LogP contribution in [0.2, 0.25) is 0 Å². The number of halogens is 1. The normalized spacial score (nSPS) is 48.1. The van der Waals surface area contributed by atoms with E-state index in [2.05, 4.69) is 27.8 Å². The van der Waals surface area contributed by atoms with E-state index in [9.17, 15) is 9.18 Å². The number of amides is 1. The fourth-order valence-corrected chi connectivity index (χ4v) is 7.25. The van der Waals surface area contributed by atoms with Gasteiger partial charge in [0.25, 0.3) is 0 Å². The van der Waals surface area contributed by atoms with E-state index < -0.39 is 6.17 Å². The third kappa shape index (κ3) is 3.97. The minimum atomic E-state index is -0.743. The Morgan fingerprint density at radius 1 is 1.03 bits per heavy atom. The van der Waals surface area contributed by atoms with Gasteiger partial charge in [-0.2, -0.15) is 0 Å². The molecule has 0 spiro atoms. The molecule has 0 aromatic rings. The summed E-state index contributed by atoms with van der Waals surface area (Å²) in [6, 6.07) is 1.54. The highest BCUT2D eigenvalue weighted by Crippen LogP contribution is 2.39. The Labute approximate surface area is 174 Å². The molecule has 5 nitrogen and oxygen atoms in total. The van der Waals surface area contributed by atoms with Gasteiger partial charge in [-0.15, -0.1) is 0 Å². The lowest BCUT2D eigenvalue weighted by molar-refractivity contribution is -0.124. The molecule has 2 aliphatic carbocycles. The molecular formula is C23H39FN4O. The number of hydrogen-bond donors (Lipinski definition) is 3. The van der Waals surface area contributed by atoms with Crippen LogP contribution in [0.25, 0.3) is 0 Å². The number of piperidine rings is 1. The number of rotatable bonds is 3. The van der Waals surface area contributed by atoms with Crippen molar-refractivity contribution in [1.82, 2.24) is 20.9 Å². The molecule has 3 heterocycles. The predicted octanol–water partition coefficient (Wildman–Crippen LogP) is 2.56. The third-order valence-corrected chi connectivity index (χ3v) is 8.83. The summed E-state index contributed by atoms with van der Waals surface area (Å²) in [7, 11) is 0. The highest BCUT2D eigenvalue weighted by Gasteiger charge is 2.47. The molecule has 1 amide bonds. The van der Waals surface area contributed by atoms with E-state index in [0.29, 0.717) is 36.8 Å². The highest BCUT2D eigenvalue weighted by molar-refractivity contribution is 5.82. The molecule has 5 aliphatic rings. The first kappa shape index (κ1) is 20.2. The molecule has 0 radical (unpaired) electrons. The Balaban J connectivity index is 1.16.